The fourth-order valence-corrected chi connectivity index (χ4v) is 3.40. The lowest BCUT2D eigenvalue weighted by molar-refractivity contribution is -0.110. The molecule has 0 aliphatic carbocycles. The summed E-state index contributed by atoms with van der Waals surface area (Å²) >= 11 is 0. The second-order valence-electron chi connectivity index (χ2n) is 7.06. The maximum absolute atomic E-state index is 12.9. The van der Waals surface area contributed by atoms with Crippen molar-refractivity contribution in [1.29, 1.82) is 5.41 Å². The zero-order chi connectivity index (χ0) is 20.4. The van der Waals surface area contributed by atoms with Gasteiger partial charge in [0, 0.05) is 36.6 Å². The van der Waals surface area contributed by atoms with Gasteiger partial charge in [-0.25, -0.2) is 0 Å². The largest absolute Gasteiger partial charge is 0.363 e. The van der Waals surface area contributed by atoms with Crippen LogP contribution in [0.4, 0.5) is 11.4 Å². The number of para-hydroxylation sites is 1. The Morgan fingerprint density at radius 2 is 1.59 bits per heavy atom. The molecule has 0 bridgehead atoms. The Balaban J connectivity index is 1.84. The van der Waals surface area contributed by atoms with Gasteiger partial charge in [-0.2, -0.15) is 0 Å². The molecule has 0 fully saturated rings. The summed E-state index contributed by atoms with van der Waals surface area (Å²) in [6.45, 7) is 0. The minimum atomic E-state index is -0.130. The molecule has 1 amide bonds. The summed E-state index contributed by atoms with van der Waals surface area (Å²) in [7, 11) is 3.69. The molecule has 3 aromatic carbocycles. The Hall–Kier alpha value is -3.86. The Morgan fingerprint density at radius 3 is 2.34 bits per heavy atom. The van der Waals surface area contributed by atoms with Crippen LogP contribution in [0.25, 0.3) is 11.3 Å². The highest BCUT2D eigenvalue weighted by atomic mass is 16.2. The molecule has 29 heavy (non-hydrogen) atoms. The van der Waals surface area contributed by atoms with E-state index >= 15 is 0 Å². The van der Waals surface area contributed by atoms with Gasteiger partial charge in [0.15, 0.2) is 0 Å². The van der Waals surface area contributed by atoms with Crippen molar-refractivity contribution in [2.24, 2.45) is 0 Å². The predicted octanol–water partition coefficient (Wildman–Crippen LogP) is 4.51. The summed E-state index contributed by atoms with van der Waals surface area (Å²) < 4.78 is 0. The van der Waals surface area contributed by atoms with Crippen LogP contribution < -0.4 is 10.6 Å². The fourth-order valence-electron chi connectivity index (χ4n) is 3.40. The summed E-state index contributed by atoms with van der Waals surface area (Å²) in [6, 6.07) is 25.2. The summed E-state index contributed by atoms with van der Waals surface area (Å²) in [5.41, 5.74) is 5.57. The first-order chi connectivity index (χ1) is 14.0. The Morgan fingerprint density at radius 1 is 0.897 bits per heavy atom. The molecule has 0 saturated heterocycles. The number of rotatable bonds is 4. The molecule has 0 radical (unpaired) electrons. The molecule has 1 heterocycles. The van der Waals surface area contributed by atoms with Crippen LogP contribution >= 0.6 is 0 Å². The highest BCUT2D eigenvalue weighted by molar-refractivity contribution is 6.37. The van der Waals surface area contributed by atoms with Crippen molar-refractivity contribution >= 4 is 34.4 Å². The van der Waals surface area contributed by atoms with Crippen molar-refractivity contribution in [2.75, 3.05) is 24.7 Å². The Kier molecular flexibility index (Phi) is 4.87. The van der Waals surface area contributed by atoms with Crippen molar-refractivity contribution in [3.63, 3.8) is 0 Å². The number of nitrogens with one attached hydrogen (secondary N) is 3. The average Bonchev–Trinajstić information content (AvgIpc) is 3.08. The Labute approximate surface area is 170 Å². The van der Waals surface area contributed by atoms with E-state index < -0.39 is 0 Å². The van der Waals surface area contributed by atoms with Crippen LogP contribution in [0.3, 0.4) is 0 Å². The summed E-state index contributed by atoms with van der Waals surface area (Å²) in [6.07, 6.45) is 0. The van der Waals surface area contributed by atoms with Gasteiger partial charge in [-0.15, -0.1) is 0 Å². The predicted molar refractivity (Wildman–Crippen MR) is 119 cm³/mol. The van der Waals surface area contributed by atoms with Gasteiger partial charge >= 0.3 is 0 Å². The first kappa shape index (κ1) is 18.5. The summed E-state index contributed by atoms with van der Waals surface area (Å²) in [5.74, 6) is 0.293. The van der Waals surface area contributed by atoms with E-state index in [9.17, 15) is 4.79 Å². The standard InChI is InChI=1S/C24H22N4O/c1-28(2)23(25)17-11-8-12-18(15-17)26-22(16-9-4-3-5-10-16)21-19-13-6-7-14-20(19)27-24(21)29/h3-15,25-26H,1-2H3,(H,27,29)/b22-21-,25-23?. The maximum atomic E-state index is 12.9. The molecule has 3 aromatic rings. The summed E-state index contributed by atoms with van der Waals surface area (Å²) in [5, 5.41) is 14.6. The van der Waals surface area contributed by atoms with Gasteiger partial charge in [-0.1, -0.05) is 60.7 Å². The number of benzene rings is 3. The van der Waals surface area contributed by atoms with E-state index in [4.69, 9.17) is 5.41 Å². The van der Waals surface area contributed by atoms with Gasteiger partial charge in [-0.05, 0) is 23.8 Å². The lowest BCUT2D eigenvalue weighted by atomic mass is 10.00. The SMILES string of the molecule is CN(C)C(=N)c1cccc(N/C(=C2\C(=O)Nc3ccccc32)c2ccccc2)c1. The van der Waals surface area contributed by atoms with E-state index in [2.05, 4.69) is 10.6 Å². The van der Waals surface area contributed by atoms with Crippen LogP contribution in [0, 0.1) is 5.41 Å². The van der Waals surface area contributed by atoms with Crippen molar-refractivity contribution in [1.82, 2.24) is 4.90 Å². The number of nitrogens with zero attached hydrogens (tertiary/aromatic N) is 1. The van der Waals surface area contributed by atoms with Crippen LogP contribution in [0.5, 0.6) is 0 Å². The van der Waals surface area contributed by atoms with Crippen molar-refractivity contribution in [2.45, 2.75) is 0 Å². The van der Waals surface area contributed by atoms with E-state index in [1.807, 2.05) is 93.0 Å². The molecule has 5 nitrogen and oxygen atoms in total. The van der Waals surface area contributed by atoms with Gasteiger partial charge in [0.1, 0.15) is 5.84 Å². The third kappa shape index (κ3) is 3.62. The Bertz CT molecular complexity index is 1120. The van der Waals surface area contributed by atoms with Gasteiger partial charge in [0.25, 0.3) is 5.91 Å². The number of hydrogen-bond acceptors (Lipinski definition) is 3. The van der Waals surface area contributed by atoms with E-state index in [1.54, 1.807) is 4.90 Å². The minimum absolute atomic E-state index is 0.130. The number of anilines is 2. The van der Waals surface area contributed by atoms with Gasteiger partial charge < -0.3 is 15.5 Å². The van der Waals surface area contributed by atoms with Crippen molar-refractivity contribution in [3.8, 4) is 0 Å². The van der Waals surface area contributed by atoms with Crippen molar-refractivity contribution < 1.29 is 4.79 Å². The maximum Gasteiger partial charge on any atom is 0.258 e. The van der Waals surface area contributed by atoms with Crippen LogP contribution in [-0.2, 0) is 4.79 Å². The number of carbonyl (C=O) groups is 1. The number of hydrogen-bond donors (Lipinski definition) is 3. The molecule has 5 heteroatoms. The lowest BCUT2D eigenvalue weighted by Gasteiger charge is -2.17. The van der Waals surface area contributed by atoms with Crippen LogP contribution in [0.1, 0.15) is 16.7 Å². The van der Waals surface area contributed by atoms with E-state index in [0.29, 0.717) is 11.4 Å². The number of fused-ring (bicyclic) bond motifs is 1. The van der Waals surface area contributed by atoms with Gasteiger partial charge in [0.2, 0.25) is 0 Å². The van der Waals surface area contributed by atoms with Crippen molar-refractivity contribution in [3.05, 3.63) is 95.6 Å². The molecule has 4 rings (SSSR count). The zero-order valence-corrected chi connectivity index (χ0v) is 16.4. The van der Waals surface area contributed by atoms with Crippen LogP contribution in [0.15, 0.2) is 78.9 Å². The minimum Gasteiger partial charge on any atom is -0.363 e. The third-order valence-electron chi connectivity index (χ3n) is 4.84. The number of amidine groups is 1. The van der Waals surface area contributed by atoms with Crippen LogP contribution in [-0.4, -0.2) is 30.7 Å². The number of carbonyl (C=O) groups excluding carboxylic acids is 1. The fraction of sp³-hybridized carbons (Fsp3) is 0.0833. The molecular formula is C24H22N4O. The van der Waals surface area contributed by atoms with Gasteiger partial charge in [0.05, 0.1) is 11.3 Å². The molecule has 0 saturated carbocycles. The van der Waals surface area contributed by atoms with Crippen LogP contribution in [0.2, 0.25) is 0 Å². The number of amides is 1. The van der Waals surface area contributed by atoms with E-state index in [-0.39, 0.29) is 5.91 Å². The molecule has 1 aliphatic heterocycles. The van der Waals surface area contributed by atoms with E-state index in [1.165, 1.54) is 0 Å². The molecular weight excluding hydrogens is 360 g/mol. The first-order valence-corrected chi connectivity index (χ1v) is 9.38. The first-order valence-electron chi connectivity index (χ1n) is 9.38. The molecule has 0 spiro atoms. The quantitative estimate of drug-likeness (QED) is 0.353. The molecule has 0 unspecified atom stereocenters. The molecule has 0 aromatic heterocycles. The molecule has 3 N–H and O–H groups in total. The normalized spacial score (nSPS) is 14.1. The molecule has 144 valence electrons. The van der Waals surface area contributed by atoms with E-state index in [0.717, 1.165) is 33.8 Å². The second kappa shape index (κ2) is 7.64. The van der Waals surface area contributed by atoms with Gasteiger partial charge in [-0.3, -0.25) is 10.2 Å². The third-order valence-corrected chi connectivity index (χ3v) is 4.84. The second-order valence-corrected chi connectivity index (χ2v) is 7.06. The molecule has 1 aliphatic rings. The monoisotopic (exact) mass is 382 g/mol. The average molecular weight is 382 g/mol. The topological polar surface area (TPSA) is 68.2 Å². The summed E-state index contributed by atoms with van der Waals surface area (Å²) in [4.78, 5) is 14.6. The molecule has 0 atom stereocenters. The highest BCUT2D eigenvalue weighted by Crippen LogP contribution is 2.37. The smallest absolute Gasteiger partial charge is 0.258 e. The zero-order valence-electron chi connectivity index (χ0n) is 16.4. The lowest BCUT2D eigenvalue weighted by Crippen LogP contribution is -2.21. The highest BCUT2D eigenvalue weighted by Gasteiger charge is 2.28.